The second-order valence-corrected chi connectivity index (χ2v) is 7.16. The van der Waals surface area contributed by atoms with Crippen molar-refractivity contribution in [3.63, 3.8) is 0 Å². The average Bonchev–Trinajstić information content (AvgIpc) is 2.56. The molecule has 0 atom stereocenters. The summed E-state index contributed by atoms with van der Waals surface area (Å²) < 4.78 is 5.28. The Morgan fingerprint density at radius 3 is 2.50 bits per heavy atom. The van der Waals surface area contributed by atoms with Crippen LogP contribution in [0.5, 0.6) is 0 Å². The summed E-state index contributed by atoms with van der Waals surface area (Å²) in [5, 5.41) is 15.0. The Labute approximate surface area is 157 Å². The molecule has 8 heteroatoms. The minimum Gasteiger partial charge on any atom is -0.481 e. The standard InChI is InChI=1S/C18H23ClN2O5/c1-11(2)16(24)20-12-3-4-14(19)13(9-12)17(25)21-18(10-15(22)23)5-7-26-8-6-18/h3-4,9,11H,5-8,10H2,1-2H3,(H,20,24)(H,21,25)(H,22,23). The van der Waals surface area contributed by atoms with Crippen molar-refractivity contribution in [3.8, 4) is 0 Å². The predicted molar refractivity (Wildman–Crippen MR) is 97.4 cm³/mol. The van der Waals surface area contributed by atoms with Gasteiger partial charge in [0, 0.05) is 24.8 Å². The topological polar surface area (TPSA) is 105 Å². The number of nitrogens with one attached hydrogen (secondary N) is 2. The number of carboxylic acids is 1. The first-order valence-electron chi connectivity index (χ1n) is 8.45. The number of carbonyl (C=O) groups is 3. The zero-order chi connectivity index (χ0) is 19.3. The molecule has 1 fully saturated rings. The highest BCUT2D eigenvalue weighted by Gasteiger charge is 2.37. The molecule has 0 aromatic heterocycles. The molecule has 142 valence electrons. The molecule has 1 heterocycles. The first kappa shape index (κ1) is 20.2. The van der Waals surface area contributed by atoms with Crippen LogP contribution in [0.15, 0.2) is 18.2 Å². The van der Waals surface area contributed by atoms with Gasteiger partial charge in [-0.3, -0.25) is 14.4 Å². The number of halogens is 1. The van der Waals surface area contributed by atoms with Gasteiger partial charge in [-0.25, -0.2) is 0 Å². The third-order valence-corrected chi connectivity index (χ3v) is 4.65. The smallest absolute Gasteiger partial charge is 0.305 e. The number of hydrogen-bond acceptors (Lipinski definition) is 4. The van der Waals surface area contributed by atoms with Crippen LogP contribution >= 0.6 is 11.6 Å². The van der Waals surface area contributed by atoms with Crippen LogP contribution in [-0.4, -0.2) is 41.6 Å². The van der Waals surface area contributed by atoms with E-state index in [0.717, 1.165) is 0 Å². The van der Waals surface area contributed by atoms with Gasteiger partial charge in [0.15, 0.2) is 0 Å². The molecule has 1 aromatic carbocycles. The number of carbonyl (C=O) groups excluding carboxylic acids is 2. The number of ether oxygens (including phenoxy) is 1. The van der Waals surface area contributed by atoms with Gasteiger partial charge in [0.2, 0.25) is 5.91 Å². The number of carboxylic acid groups (broad SMARTS) is 1. The Hall–Kier alpha value is -2.12. The lowest BCUT2D eigenvalue weighted by Gasteiger charge is -2.37. The van der Waals surface area contributed by atoms with E-state index in [2.05, 4.69) is 10.6 Å². The van der Waals surface area contributed by atoms with Gasteiger partial charge in [0.05, 0.1) is 22.5 Å². The van der Waals surface area contributed by atoms with Gasteiger partial charge in [-0.15, -0.1) is 0 Å². The fourth-order valence-electron chi connectivity index (χ4n) is 2.77. The lowest BCUT2D eigenvalue weighted by Crippen LogP contribution is -2.53. The highest BCUT2D eigenvalue weighted by atomic mass is 35.5. The second kappa shape index (κ2) is 8.51. The number of benzene rings is 1. The maximum absolute atomic E-state index is 12.8. The maximum Gasteiger partial charge on any atom is 0.305 e. The molecule has 0 unspecified atom stereocenters. The molecule has 3 N–H and O–H groups in total. The quantitative estimate of drug-likeness (QED) is 0.701. The van der Waals surface area contributed by atoms with Crippen LogP contribution in [-0.2, 0) is 14.3 Å². The molecular formula is C18H23ClN2O5. The third-order valence-electron chi connectivity index (χ3n) is 4.32. The van der Waals surface area contributed by atoms with Crippen molar-refractivity contribution >= 4 is 35.1 Å². The number of aliphatic carboxylic acids is 1. The summed E-state index contributed by atoms with van der Waals surface area (Å²) in [6.07, 6.45) is 0.627. The molecular weight excluding hydrogens is 360 g/mol. The van der Waals surface area contributed by atoms with Crippen molar-refractivity contribution in [1.29, 1.82) is 0 Å². The van der Waals surface area contributed by atoms with Crippen LogP contribution in [0.2, 0.25) is 5.02 Å². The van der Waals surface area contributed by atoms with Crippen molar-refractivity contribution in [2.24, 2.45) is 5.92 Å². The van der Waals surface area contributed by atoms with Gasteiger partial charge in [-0.05, 0) is 31.0 Å². The SMILES string of the molecule is CC(C)C(=O)Nc1ccc(Cl)c(C(=O)NC2(CC(=O)O)CCOCC2)c1. The lowest BCUT2D eigenvalue weighted by molar-refractivity contribution is -0.139. The summed E-state index contributed by atoms with van der Waals surface area (Å²) in [4.78, 5) is 35.8. The molecule has 7 nitrogen and oxygen atoms in total. The molecule has 0 spiro atoms. The van der Waals surface area contributed by atoms with E-state index < -0.39 is 17.4 Å². The summed E-state index contributed by atoms with van der Waals surface area (Å²) in [6, 6.07) is 4.63. The van der Waals surface area contributed by atoms with Crippen molar-refractivity contribution in [2.45, 2.75) is 38.6 Å². The summed E-state index contributed by atoms with van der Waals surface area (Å²) in [6.45, 7) is 4.29. The van der Waals surface area contributed by atoms with E-state index in [1.165, 1.54) is 12.1 Å². The molecule has 1 aliphatic heterocycles. The summed E-state index contributed by atoms with van der Waals surface area (Å²) >= 11 is 6.14. The molecule has 2 amide bonds. The van der Waals surface area contributed by atoms with Crippen LogP contribution in [0.1, 0.15) is 43.5 Å². The number of hydrogen-bond donors (Lipinski definition) is 3. The number of amides is 2. The first-order chi connectivity index (χ1) is 12.2. The van der Waals surface area contributed by atoms with Gasteiger partial charge in [-0.1, -0.05) is 25.4 Å². The molecule has 1 aromatic rings. The Balaban J connectivity index is 2.21. The van der Waals surface area contributed by atoms with Crippen LogP contribution in [0.3, 0.4) is 0 Å². The fraction of sp³-hybridized carbons (Fsp3) is 0.500. The zero-order valence-corrected chi connectivity index (χ0v) is 15.6. The summed E-state index contributed by atoms with van der Waals surface area (Å²) in [5.41, 5.74) is -0.233. The van der Waals surface area contributed by atoms with E-state index in [9.17, 15) is 19.5 Å². The monoisotopic (exact) mass is 382 g/mol. The maximum atomic E-state index is 12.8. The Morgan fingerprint density at radius 1 is 1.27 bits per heavy atom. The molecule has 2 rings (SSSR count). The van der Waals surface area contributed by atoms with E-state index in [1.54, 1.807) is 19.9 Å². The zero-order valence-electron chi connectivity index (χ0n) is 14.8. The number of rotatable bonds is 6. The van der Waals surface area contributed by atoms with E-state index >= 15 is 0 Å². The molecule has 1 saturated heterocycles. The summed E-state index contributed by atoms with van der Waals surface area (Å²) in [5.74, 6) is -1.84. The lowest BCUT2D eigenvalue weighted by atomic mass is 9.86. The second-order valence-electron chi connectivity index (χ2n) is 6.76. The van der Waals surface area contributed by atoms with Gasteiger partial charge in [0.25, 0.3) is 5.91 Å². The van der Waals surface area contributed by atoms with Crippen LogP contribution in [0.4, 0.5) is 5.69 Å². The molecule has 0 radical (unpaired) electrons. The van der Waals surface area contributed by atoms with E-state index in [1.807, 2.05) is 0 Å². The molecule has 26 heavy (non-hydrogen) atoms. The fourth-order valence-corrected chi connectivity index (χ4v) is 2.97. The van der Waals surface area contributed by atoms with Crippen LogP contribution in [0.25, 0.3) is 0 Å². The average molecular weight is 383 g/mol. The van der Waals surface area contributed by atoms with E-state index in [0.29, 0.717) is 31.7 Å². The molecule has 0 aliphatic carbocycles. The minimum atomic E-state index is -0.990. The molecule has 0 saturated carbocycles. The Kier molecular flexibility index (Phi) is 6.61. The van der Waals surface area contributed by atoms with Crippen molar-refractivity contribution in [2.75, 3.05) is 18.5 Å². The Morgan fingerprint density at radius 2 is 1.92 bits per heavy atom. The Bertz CT molecular complexity index is 699. The van der Waals surface area contributed by atoms with E-state index in [4.69, 9.17) is 16.3 Å². The van der Waals surface area contributed by atoms with Crippen molar-refractivity contribution < 1.29 is 24.2 Å². The molecule has 0 bridgehead atoms. The first-order valence-corrected chi connectivity index (χ1v) is 8.83. The van der Waals surface area contributed by atoms with Crippen LogP contribution < -0.4 is 10.6 Å². The van der Waals surface area contributed by atoms with Gasteiger partial charge in [0.1, 0.15) is 0 Å². The van der Waals surface area contributed by atoms with Gasteiger partial charge < -0.3 is 20.5 Å². The minimum absolute atomic E-state index is 0.176. The van der Waals surface area contributed by atoms with Gasteiger partial charge in [-0.2, -0.15) is 0 Å². The normalized spacial score (nSPS) is 16.2. The van der Waals surface area contributed by atoms with Crippen molar-refractivity contribution in [1.82, 2.24) is 5.32 Å². The third kappa shape index (κ3) is 5.19. The predicted octanol–water partition coefficient (Wildman–Crippen LogP) is 2.69. The van der Waals surface area contributed by atoms with Crippen LogP contribution in [0, 0.1) is 5.92 Å². The highest BCUT2D eigenvalue weighted by Crippen LogP contribution is 2.27. The largest absolute Gasteiger partial charge is 0.481 e. The number of anilines is 1. The van der Waals surface area contributed by atoms with Gasteiger partial charge >= 0.3 is 5.97 Å². The summed E-state index contributed by atoms with van der Waals surface area (Å²) in [7, 11) is 0. The van der Waals surface area contributed by atoms with Crippen molar-refractivity contribution in [3.05, 3.63) is 28.8 Å². The molecule has 1 aliphatic rings. The van der Waals surface area contributed by atoms with E-state index in [-0.39, 0.29) is 28.8 Å². The highest BCUT2D eigenvalue weighted by molar-refractivity contribution is 6.34.